The predicted molar refractivity (Wildman–Crippen MR) is 80.6 cm³/mol. The van der Waals surface area contributed by atoms with Gasteiger partial charge in [-0.1, -0.05) is 29.3 Å². The van der Waals surface area contributed by atoms with Gasteiger partial charge in [-0.25, -0.2) is 4.39 Å². The zero-order valence-electron chi connectivity index (χ0n) is 11.2. The van der Waals surface area contributed by atoms with Crippen LogP contribution in [-0.2, 0) is 0 Å². The monoisotopic (exact) mass is 312 g/mol. The molecule has 2 atom stereocenters. The molecule has 0 aliphatic rings. The molecule has 1 aromatic heterocycles. The molecular formula is C15H15Cl2FN2. The summed E-state index contributed by atoms with van der Waals surface area (Å²) in [4.78, 5) is 4.08. The molecule has 0 saturated heterocycles. The number of nitrogens with zero attached hydrogens (tertiary/aromatic N) is 1. The zero-order valence-corrected chi connectivity index (χ0v) is 12.7. The number of hydrogen-bond donors (Lipinski definition) is 1. The first-order chi connectivity index (χ1) is 9.50. The van der Waals surface area contributed by atoms with Crippen LogP contribution in [0.3, 0.4) is 0 Å². The lowest BCUT2D eigenvalue weighted by Crippen LogP contribution is -2.23. The van der Waals surface area contributed by atoms with Crippen molar-refractivity contribution in [3.05, 3.63) is 63.6 Å². The van der Waals surface area contributed by atoms with Gasteiger partial charge in [0, 0.05) is 35.1 Å². The number of pyridine rings is 1. The predicted octanol–water partition coefficient (Wildman–Crippen LogP) is 4.94. The zero-order chi connectivity index (χ0) is 14.7. The van der Waals surface area contributed by atoms with E-state index in [1.54, 1.807) is 12.4 Å². The van der Waals surface area contributed by atoms with Crippen LogP contribution in [0.5, 0.6) is 0 Å². The molecule has 1 aromatic carbocycles. The van der Waals surface area contributed by atoms with Crippen molar-refractivity contribution >= 4 is 23.2 Å². The molecule has 0 aliphatic heterocycles. The molecule has 0 aliphatic carbocycles. The quantitative estimate of drug-likeness (QED) is 0.809. The third kappa shape index (κ3) is 3.29. The Hall–Kier alpha value is -1.16. The molecule has 0 saturated carbocycles. The number of halogens is 3. The van der Waals surface area contributed by atoms with Crippen LogP contribution >= 0.6 is 23.2 Å². The summed E-state index contributed by atoms with van der Waals surface area (Å²) in [6, 6.07) is 6.51. The lowest BCUT2D eigenvalue weighted by atomic mass is 10.0. The Kier molecular flexibility index (Phi) is 4.97. The number of aromatic nitrogens is 1. The highest BCUT2D eigenvalue weighted by molar-refractivity contribution is 6.36. The fourth-order valence-electron chi connectivity index (χ4n) is 2.13. The highest BCUT2D eigenvalue weighted by Gasteiger charge is 2.19. The van der Waals surface area contributed by atoms with Crippen LogP contribution in [0.25, 0.3) is 0 Å². The van der Waals surface area contributed by atoms with Crippen molar-refractivity contribution in [3.63, 3.8) is 0 Å². The molecule has 2 aromatic rings. The van der Waals surface area contributed by atoms with Crippen molar-refractivity contribution in [3.8, 4) is 0 Å². The highest BCUT2D eigenvalue weighted by atomic mass is 35.5. The van der Waals surface area contributed by atoms with E-state index in [-0.39, 0.29) is 17.1 Å². The second kappa shape index (κ2) is 6.53. The van der Waals surface area contributed by atoms with E-state index in [1.807, 2.05) is 26.0 Å². The van der Waals surface area contributed by atoms with E-state index >= 15 is 0 Å². The van der Waals surface area contributed by atoms with E-state index in [9.17, 15) is 4.39 Å². The molecule has 0 bridgehead atoms. The van der Waals surface area contributed by atoms with Crippen LogP contribution in [0.1, 0.15) is 37.1 Å². The molecule has 1 N–H and O–H groups in total. The van der Waals surface area contributed by atoms with Crippen LogP contribution < -0.4 is 5.32 Å². The Morgan fingerprint density at radius 1 is 1.15 bits per heavy atom. The Balaban J connectivity index is 2.21. The van der Waals surface area contributed by atoms with E-state index in [0.717, 1.165) is 5.56 Å². The Labute approximate surface area is 127 Å². The smallest absolute Gasteiger partial charge is 0.142 e. The van der Waals surface area contributed by atoms with Gasteiger partial charge in [0.15, 0.2) is 0 Å². The molecule has 106 valence electrons. The van der Waals surface area contributed by atoms with Gasteiger partial charge in [0.05, 0.1) is 5.02 Å². The van der Waals surface area contributed by atoms with Crippen molar-refractivity contribution in [2.75, 3.05) is 0 Å². The number of nitrogens with one attached hydrogen (secondary N) is 1. The highest BCUT2D eigenvalue weighted by Crippen LogP contribution is 2.33. The second-order valence-electron chi connectivity index (χ2n) is 4.65. The summed E-state index contributed by atoms with van der Waals surface area (Å²) in [6.07, 6.45) is 3.51. The van der Waals surface area contributed by atoms with Crippen LogP contribution in [0.15, 0.2) is 36.7 Å². The van der Waals surface area contributed by atoms with Crippen molar-refractivity contribution in [1.82, 2.24) is 10.3 Å². The molecule has 1 unspecified atom stereocenters. The van der Waals surface area contributed by atoms with Crippen LogP contribution in [-0.4, -0.2) is 4.98 Å². The lowest BCUT2D eigenvalue weighted by Gasteiger charge is -2.22. The SMILES string of the molecule is CC(N[C@@H](C)c1cccnc1)c1c(Cl)ccc(F)c1Cl. The average molecular weight is 313 g/mol. The Morgan fingerprint density at radius 2 is 1.90 bits per heavy atom. The minimum Gasteiger partial charge on any atom is -0.303 e. The van der Waals surface area contributed by atoms with Gasteiger partial charge in [0.1, 0.15) is 5.82 Å². The molecule has 0 amide bonds. The van der Waals surface area contributed by atoms with Gasteiger partial charge in [0.25, 0.3) is 0 Å². The second-order valence-corrected chi connectivity index (χ2v) is 5.44. The third-order valence-corrected chi connectivity index (χ3v) is 3.91. The number of benzene rings is 1. The molecular weight excluding hydrogens is 298 g/mol. The third-order valence-electron chi connectivity index (χ3n) is 3.20. The van der Waals surface area contributed by atoms with Gasteiger partial charge >= 0.3 is 0 Å². The van der Waals surface area contributed by atoms with Gasteiger partial charge in [-0.2, -0.15) is 0 Å². The molecule has 2 rings (SSSR count). The molecule has 1 heterocycles. The molecule has 0 radical (unpaired) electrons. The molecule has 5 heteroatoms. The topological polar surface area (TPSA) is 24.9 Å². The maximum Gasteiger partial charge on any atom is 0.142 e. The molecule has 20 heavy (non-hydrogen) atoms. The number of hydrogen-bond acceptors (Lipinski definition) is 2. The van der Waals surface area contributed by atoms with Crippen LogP contribution in [0.4, 0.5) is 4.39 Å². The summed E-state index contributed by atoms with van der Waals surface area (Å²) in [5, 5.41) is 3.86. The molecule has 0 fully saturated rings. The van der Waals surface area contributed by atoms with E-state index in [0.29, 0.717) is 10.6 Å². The standard InChI is InChI=1S/C15H15Cl2FN2/c1-9(11-4-3-7-19-8-11)20-10(2)14-12(16)5-6-13(18)15(14)17/h3-10,20H,1-2H3/t9-,10?/m0/s1. The van der Waals surface area contributed by atoms with Gasteiger partial charge < -0.3 is 5.32 Å². The summed E-state index contributed by atoms with van der Waals surface area (Å²) in [7, 11) is 0. The Bertz CT molecular complexity index is 590. The van der Waals surface area contributed by atoms with E-state index in [1.165, 1.54) is 12.1 Å². The summed E-state index contributed by atoms with van der Waals surface area (Å²) in [5.41, 5.74) is 1.62. The van der Waals surface area contributed by atoms with Crippen molar-refractivity contribution < 1.29 is 4.39 Å². The Morgan fingerprint density at radius 3 is 2.55 bits per heavy atom. The molecule has 0 spiro atoms. The molecule has 2 nitrogen and oxygen atoms in total. The maximum atomic E-state index is 13.6. The number of rotatable bonds is 4. The van der Waals surface area contributed by atoms with Gasteiger partial charge in [0.2, 0.25) is 0 Å². The summed E-state index contributed by atoms with van der Waals surface area (Å²) in [5.74, 6) is -0.464. The first kappa shape index (κ1) is 15.2. The minimum atomic E-state index is -0.464. The first-order valence-electron chi connectivity index (χ1n) is 6.30. The normalized spacial score (nSPS) is 14.1. The lowest BCUT2D eigenvalue weighted by molar-refractivity contribution is 0.491. The fraction of sp³-hybridized carbons (Fsp3) is 0.267. The van der Waals surface area contributed by atoms with Crippen LogP contribution in [0.2, 0.25) is 10.0 Å². The van der Waals surface area contributed by atoms with Crippen molar-refractivity contribution in [2.45, 2.75) is 25.9 Å². The van der Waals surface area contributed by atoms with Gasteiger partial charge in [-0.3, -0.25) is 4.98 Å². The van der Waals surface area contributed by atoms with Crippen molar-refractivity contribution in [2.24, 2.45) is 0 Å². The first-order valence-corrected chi connectivity index (χ1v) is 7.05. The summed E-state index contributed by atoms with van der Waals surface area (Å²) >= 11 is 12.1. The minimum absolute atomic E-state index is 0.0501. The van der Waals surface area contributed by atoms with Gasteiger partial charge in [-0.05, 0) is 37.6 Å². The fourth-order valence-corrected chi connectivity index (χ4v) is 2.82. The van der Waals surface area contributed by atoms with E-state index < -0.39 is 5.82 Å². The average Bonchev–Trinajstić information content (AvgIpc) is 2.44. The van der Waals surface area contributed by atoms with Crippen molar-refractivity contribution in [1.29, 1.82) is 0 Å². The summed E-state index contributed by atoms with van der Waals surface area (Å²) < 4.78 is 13.6. The van der Waals surface area contributed by atoms with Crippen LogP contribution in [0, 0.1) is 5.82 Å². The van der Waals surface area contributed by atoms with E-state index in [2.05, 4.69) is 10.3 Å². The van der Waals surface area contributed by atoms with E-state index in [4.69, 9.17) is 23.2 Å². The summed E-state index contributed by atoms with van der Waals surface area (Å²) in [6.45, 7) is 3.91. The van der Waals surface area contributed by atoms with Gasteiger partial charge in [-0.15, -0.1) is 0 Å². The largest absolute Gasteiger partial charge is 0.303 e. The maximum absolute atomic E-state index is 13.6.